The van der Waals surface area contributed by atoms with Crippen molar-refractivity contribution >= 4 is 33.9 Å². The molecular formula is C29H30N8O2. The lowest BCUT2D eigenvalue weighted by atomic mass is 10.0. The Morgan fingerprint density at radius 3 is 2.85 bits per heavy atom. The van der Waals surface area contributed by atoms with Gasteiger partial charge in [0.15, 0.2) is 0 Å². The summed E-state index contributed by atoms with van der Waals surface area (Å²) in [7, 11) is 4.08. The minimum absolute atomic E-state index is 0.0466. The van der Waals surface area contributed by atoms with Gasteiger partial charge in [0, 0.05) is 48.9 Å². The number of nitrogens with zero attached hydrogens (tertiary/aromatic N) is 7. The SMILES string of the molecule is Cc1cc(N2CC[C@@H](N(C)C)C2)c([N+](=O)[O-])cc1Nc1ncc(C#N)c(-c2cn3c4c(cccc24)CCC3)n1. The lowest BCUT2D eigenvalue weighted by Crippen LogP contribution is -2.31. The molecule has 2 aliphatic rings. The number of nitro groups is 1. The van der Waals surface area contributed by atoms with E-state index in [1.165, 1.54) is 17.3 Å². The van der Waals surface area contributed by atoms with Gasteiger partial charge < -0.3 is 19.7 Å². The normalized spacial score (nSPS) is 16.6. The Kier molecular flexibility index (Phi) is 6.16. The number of anilines is 3. The number of nitrogens with one attached hydrogen (secondary N) is 1. The molecule has 2 aliphatic heterocycles. The summed E-state index contributed by atoms with van der Waals surface area (Å²) in [4.78, 5) is 25.1. The van der Waals surface area contributed by atoms with Gasteiger partial charge >= 0.3 is 0 Å². The first-order chi connectivity index (χ1) is 18.8. The van der Waals surface area contributed by atoms with E-state index in [4.69, 9.17) is 4.98 Å². The van der Waals surface area contributed by atoms with E-state index in [2.05, 4.69) is 49.1 Å². The standard InChI is InChI=1S/C29H30N8O2/c1-18-12-25(35-11-9-21(16-35)34(2)3)26(37(38)39)13-24(18)32-29-31-15-20(14-30)27(33-29)23-17-36-10-5-7-19-6-4-8-22(23)28(19)36/h4,6,8,12-13,15,17,21H,5,7,9-11,16H2,1-3H3,(H,31,32,33)/t21-/m1/s1. The average Bonchev–Trinajstić information content (AvgIpc) is 3.57. The molecule has 10 heteroatoms. The zero-order chi connectivity index (χ0) is 27.3. The maximum atomic E-state index is 12.1. The minimum atomic E-state index is -0.331. The molecule has 1 saturated heterocycles. The van der Waals surface area contributed by atoms with E-state index in [0.29, 0.717) is 28.7 Å². The zero-order valence-corrected chi connectivity index (χ0v) is 22.3. The van der Waals surface area contributed by atoms with Crippen LogP contribution >= 0.6 is 0 Å². The van der Waals surface area contributed by atoms with Gasteiger partial charge in [-0.1, -0.05) is 18.2 Å². The van der Waals surface area contributed by atoms with Gasteiger partial charge in [0.1, 0.15) is 11.8 Å². The van der Waals surface area contributed by atoms with Crippen LogP contribution in [0, 0.1) is 28.4 Å². The van der Waals surface area contributed by atoms with Gasteiger partial charge in [-0.2, -0.15) is 5.26 Å². The number of nitro benzene ring substituents is 1. The van der Waals surface area contributed by atoms with E-state index in [1.54, 1.807) is 6.07 Å². The molecule has 0 saturated carbocycles. The summed E-state index contributed by atoms with van der Waals surface area (Å²) >= 11 is 0. The summed E-state index contributed by atoms with van der Waals surface area (Å²) in [5, 5.41) is 26.2. The molecule has 1 N–H and O–H groups in total. The van der Waals surface area contributed by atoms with Crippen molar-refractivity contribution in [1.82, 2.24) is 19.4 Å². The van der Waals surface area contributed by atoms with E-state index in [0.717, 1.165) is 55.4 Å². The number of benzene rings is 2. The van der Waals surface area contributed by atoms with Crippen molar-refractivity contribution in [1.29, 1.82) is 5.26 Å². The van der Waals surface area contributed by atoms with Crippen molar-refractivity contribution in [2.45, 2.75) is 38.8 Å². The smallest absolute Gasteiger partial charge is 0.294 e. The third-order valence-corrected chi connectivity index (χ3v) is 7.99. The van der Waals surface area contributed by atoms with Crippen LogP contribution < -0.4 is 10.2 Å². The van der Waals surface area contributed by atoms with E-state index >= 15 is 0 Å². The van der Waals surface area contributed by atoms with Gasteiger partial charge in [-0.15, -0.1) is 0 Å². The molecule has 0 radical (unpaired) electrons. The number of likely N-dealkylation sites (N-methyl/N-ethyl adjacent to an activating group) is 1. The third-order valence-electron chi connectivity index (χ3n) is 7.99. The second-order valence-corrected chi connectivity index (χ2v) is 10.6. The first-order valence-electron chi connectivity index (χ1n) is 13.2. The zero-order valence-electron chi connectivity index (χ0n) is 22.3. The molecule has 198 valence electrons. The van der Waals surface area contributed by atoms with Gasteiger partial charge in [0.2, 0.25) is 5.95 Å². The van der Waals surface area contributed by atoms with Crippen LogP contribution in [0.25, 0.3) is 22.2 Å². The van der Waals surface area contributed by atoms with E-state index < -0.39 is 0 Å². The highest BCUT2D eigenvalue weighted by molar-refractivity contribution is 5.98. The highest BCUT2D eigenvalue weighted by atomic mass is 16.6. The van der Waals surface area contributed by atoms with Gasteiger partial charge in [-0.25, -0.2) is 9.97 Å². The van der Waals surface area contributed by atoms with Crippen molar-refractivity contribution in [2.75, 3.05) is 37.4 Å². The molecule has 1 atom stereocenters. The summed E-state index contributed by atoms with van der Waals surface area (Å²) in [5.41, 5.74) is 6.40. The molecule has 1 fully saturated rings. The predicted molar refractivity (Wildman–Crippen MR) is 151 cm³/mol. The van der Waals surface area contributed by atoms with Crippen molar-refractivity contribution in [3.8, 4) is 17.3 Å². The highest BCUT2D eigenvalue weighted by Gasteiger charge is 2.30. The number of hydrogen-bond acceptors (Lipinski definition) is 8. The number of nitriles is 1. The van der Waals surface area contributed by atoms with Crippen molar-refractivity contribution < 1.29 is 4.92 Å². The molecule has 10 nitrogen and oxygen atoms in total. The van der Waals surface area contributed by atoms with Crippen LogP contribution in [-0.2, 0) is 13.0 Å². The predicted octanol–water partition coefficient (Wildman–Crippen LogP) is 5.02. The largest absolute Gasteiger partial charge is 0.364 e. The van der Waals surface area contributed by atoms with Crippen molar-refractivity contribution in [3.05, 3.63) is 69.5 Å². The van der Waals surface area contributed by atoms with Gasteiger partial charge in [0.25, 0.3) is 5.69 Å². The molecule has 0 amide bonds. The van der Waals surface area contributed by atoms with Gasteiger partial charge in [0.05, 0.1) is 33.6 Å². The van der Waals surface area contributed by atoms with E-state index in [-0.39, 0.29) is 16.6 Å². The number of rotatable bonds is 6. The molecule has 0 bridgehead atoms. The molecule has 0 spiro atoms. The van der Waals surface area contributed by atoms with Crippen LogP contribution in [-0.4, -0.2) is 57.6 Å². The third kappa shape index (κ3) is 4.34. The molecular weight excluding hydrogens is 492 g/mol. The van der Waals surface area contributed by atoms with Crippen LogP contribution in [0.15, 0.2) is 42.7 Å². The Labute approximate surface area is 226 Å². The number of para-hydroxylation sites is 1. The molecule has 4 aromatic rings. The lowest BCUT2D eigenvalue weighted by Gasteiger charge is -2.22. The lowest BCUT2D eigenvalue weighted by molar-refractivity contribution is -0.384. The number of aromatic nitrogens is 3. The van der Waals surface area contributed by atoms with Crippen molar-refractivity contribution in [2.24, 2.45) is 0 Å². The molecule has 0 aliphatic carbocycles. The second-order valence-electron chi connectivity index (χ2n) is 10.6. The fourth-order valence-electron chi connectivity index (χ4n) is 5.89. The Balaban J connectivity index is 1.38. The summed E-state index contributed by atoms with van der Waals surface area (Å²) in [6.45, 7) is 4.36. The first-order valence-corrected chi connectivity index (χ1v) is 13.2. The van der Waals surface area contributed by atoms with Crippen molar-refractivity contribution in [3.63, 3.8) is 0 Å². The maximum Gasteiger partial charge on any atom is 0.294 e. The second kappa shape index (κ2) is 9.67. The average molecular weight is 523 g/mol. The van der Waals surface area contributed by atoms with Gasteiger partial charge in [-0.05, 0) is 57.5 Å². The Hall–Kier alpha value is -4.49. The quantitative estimate of drug-likeness (QED) is 0.277. The Morgan fingerprint density at radius 1 is 1.26 bits per heavy atom. The van der Waals surface area contributed by atoms with Crippen LogP contribution in [0.5, 0.6) is 0 Å². The van der Waals surface area contributed by atoms with Crippen LogP contribution in [0.4, 0.5) is 23.0 Å². The summed E-state index contributed by atoms with van der Waals surface area (Å²) < 4.78 is 2.24. The molecule has 6 rings (SSSR count). The van der Waals surface area contributed by atoms with Crippen LogP contribution in [0.2, 0.25) is 0 Å². The molecule has 0 unspecified atom stereocenters. The minimum Gasteiger partial charge on any atom is -0.364 e. The van der Waals surface area contributed by atoms with E-state index in [9.17, 15) is 15.4 Å². The monoisotopic (exact) mass is 522 g/mol. The molecule has 39 heavy (non-hydrogen) atoms. The topological polar surface area (TPSA) is 116 Å². The number of aryl methyl sites for hydroxylation is 3. The Bertz CT molecular complexity index is 1650. The molecule has 2 aromatic carbocycles. The fraction of sp³-hybridized carbons (Fsp3) is 0.345. The molecule has 2 aromatic heterocycles. The number of hydrogen-bond donors (Lipinski definition) is 1. The van der Waals surface area contributed by atoms with E-state index in [1.807, 2.05) is 33.2 Å². The highest BCUT2D eigenvalue weighted by Crippen LogP contribution is 2.38. The summed E-state index contributed by atoms with van der Waals surface area (Å²) in [5.74, 6) is 0.287. The fourth-order valence-corrected chi connectivity index (χ4v) is 5.89. The summed E-state index contributed by atoms with van der Waals surface area (Å²) in [6, 6.07) is 12.3. The van der Waals surface area contributed by atoms with Crippen LogP contribution in [0.3, 0.4) is 0 Å². The summed E-state index contributed by atoms with van der Waals surface area (Å²) in [6.07, 6.45) is 6.65. The first kappa shape index (κ1) is 24.8. The Morgan fingerprint density at radius 2 is 2.10 bits per heavy atom. The van der Waals surface area contributed by atoms with Gasteiger partial charge in [-0.3, -0.25) is 10.1 Å². The maximum absolute atomic E-state index is 12.1. The molecule has 4 heterocycles. The van der Waals surface area contributed by atoms with Crippen LogP contribution in [0.1, 0.15) is 29.5 Å².